The fraction of sp³-hybridized carbons (Fsp3) is 1.00. The van der Waals surface area contributed by atoms with Gasteiger partial charge < -0.3 is 10.2 Å². The van der Waals surface area contributed by atoms with Crippen LogP contribution in [0.3, 0.4) is 0 Å². The summed E-state index contributed by atoms with van der Waals surface area (Å²) in [6.07, 6.45) is 0. The number of rotatable bonds is 5. The van der Waals surface area contributed by atoms with E-state index in [-0.39, 0.29) is 6.67 Å². The minimum absolute atomic E-state index is 0.254. The number of nitrogens with one attached hydrogen (secondary N) is 1. The van der Waals surface area contributed by atoms with Gasteiger partial charge in [-0.05, 0) is 0 Å². The molecule has 1 rings (SSSR count). The predicted octanol–water partition coefficient (Wildman–Crippen LogP) is 0.594. The molecule has 0 aliphatic carbocycles. The van der Waals surface area contributed by atoms with Crippen LogP contribution in [0.4, 0.5) is 4.39 Å². The van der Waals surface area contributed by atoms with Crippen LogP contribution in [0, 0.1) is 0 Å². The molecule has 4 heteroatoms. The van der Waals surface area contributed by atoms with Gasteiger partial charge in [0.15, 0.2) is 0 Å². The molecule has 0 amide bonds. The number of hydrogen-bond donors (Lipinski definition) is 1. The monoisotopic (exact) mass is 192 g/mol. The van der Waals surface area contributed by atoms with Gasteiger partial charge in [-0.1, -0.05) is 0 Å². The average molecular weight is 192 g/mol. The lowest BCUT2D eigenvalue weighted by atomic mass is 10.4. The Morgan fingerprint density at radius 2 is 2.00 bits per heavy atom. The molecule has 2 nitrogen and oxygen atoms in total. The summed E-state index contributed by atoms with van der Waals surface area (Å²) >= 11 is 2.02. The zero-order chi connectivity index (χ0) is 8.65. The van der Waals surface area contributed by atoms with Crippen molar-refractivity contribution in [3.63, 3.8) is 0 Å². The van der Waals surface area contributed by atoms with Crippen molar-refractivity contribution >= 4 is 11.8 Å². The highest BCUT2D eigenvalue weighted by molar-refractivity contribution is 7.99. The topological polar surface area (TPSA) is 15.3 Å². The molecular formula is C8H17FN2S. The fourth-order valence-electron chi connectivity index (χ4n) is 1.25. The third-order valence-electron chi connectivity index (χ3n) is 1.98. The maximum Gasteiger partial charge on any atom is 0.102 e. The lowest BCUT2D eigenvalue weighted by Crippen LogP contribution is -2.38. The molecule has 1 aliphatic rings. The third-order valence-corrected chi connectivity index (χ3v) is 2.92. The zero-order valence-corrected chi connectivity index (χ0v) is 8.21. The summed E-state index contributed by atoms with van der Waals surface area (Å²) in [4.78, 5) is 2.43. The van der Waals surface area contributed by atoms with E-state index in [4.69, 9.17) is 0 Å². The molecule has 0 bridgehead atoms. The lowest BCUT2D eigenvalue weighted by Gasteiger charge is -2.25. The minimum Gasteiger partial charge on any atom is -0.313 e. The van der Waals surface area contributed by atoms with Gasteiger partial charge in [0.2, 0.25) is 0 Å². The van der Waals surface area contributed by atoms with Crippen molar-refractivity contribution in [3.8, 4) is 0 Å². The standard InChI is InChI=1S/C8H17FN2S/c9-1-2-10-3-4-11-5-7-12-8-6-11/h10H,1-8H2. The molecular weight excluding hydrogens is 175 g/mol. The van der Waals surface area contributed by atoms with Gasteiger partial charge in [0.05, 0.1) is 0 Å². The molecule has 72 valence electrons. The maximum atomic E-state index is 11.7. The molecule has 0 aromatic carbocycles. The maximum absolute atomic E-state index is 11.7. The van der Waals surface area contributed by atoms with E-state index in [1.807, 2.05) is 11.8 Å². The minimum atomic E-state index is -0.254. The second-order valence-corrected chi connectivity index (χ2v) is 4.12. The molecule has 1 aliphatic heterocycles. The van der Waals surface area contributed by atoms with E-state index in [0.717, 1.165) is 13.1 Å². The van der Waals surface area contributed by atoms with Gasteiger partial charge in [0.25, 0.3) is 0 Å². The Kier molecular flexibility index (Phi) is 5.73. The van der Waals surface area contributed by atoms with Crippen LogP contribution in [0.5, 0.6) is 0 Å². The van der Waals surface area contributed by atoms with Crippen molar-refractivity contribution in [2.45, 2.75) is 0 Å². The first-order chi connectivity index (χ1) is 5.93. The first-order valence-electron chi connectivity index (χ1n) is 4.50. The summed E-state index contributed by atoms with van der Waals surface area (Å²) in [5, 5.41) is 3.06. The highest BCUT2D eigenvalue weighted by Gasteiger charge is 2.08. The first kappa shape index (κ1) is 10.3. The van der Waals surface area contributed by atoms with E-state index in [9.17, 15) is 4.39 Å². The quantitative estimate of drug-likeness (QED) is 0.642. The Bertz CT molecular complexity index is 107. The molecule has 0 atom stereocenters. The normalized spacial score (nSPS) is 19.8. The van der Waals surface area contributed by atoms with Crippen molar-refractivity contribution in [2.75, 3.05) is 50.9 Å². The van der Waals surface area contributed by atoms with Gasteiger partial charge >= 0.3 is 0 Å². The molecule has 0 aromatic rings. The van der Waals surface area contributed by atoms with Crippen LogP contribution in [0.15, 0.2) is 0 Å². The summed E-state index contributed by atoms with van der Waals surface area (Å²) in [5.74, 6) is 2.51. The number of halogens is 1. The van der Waals surface area contributed by atoms with E-state index in [2.05, 4.69) is 10.2 Å². The van der Waals surface area contributed by atoms with Crippen molar-refractivity contribution < 1.29 is 4.39 Å². The van der Waals surface area contributed by atoms with Gasteiger partial charge in [0, 0.05) is 44.2 Å². The molecule has 1 heterocycles. The van der Waals surface area contributed by atoms with Crippen LogP contribution >= 0.6 is 11.8 Å². The molecule has 12 heavy (non-hydrogen) atoms. The van der Waals surface area contributed by atoms with E-state index in [1.165, 1.54) is 24.6 Å². The van der Waals surface area contributed by atoms with Crippen molar-refractivity contribution in [1.82, 2.24) is 10.2 Å². The van der Waals surface area contributed by atoms with Crippen molar-refractivity contribution in [3.05, 3.63) is 0 Å². The Labute approximate surface area is 77.9 Å². The lowest BCUT2D eigenvalue weighted by molar-refractivity contribution is 0.299. The van der Waals surface area contributed by atoms with Crippen LogP contribution in [-0.4, -0.2) is 55.8 Å². The average Bonchev–Trinajstić information content (AvgIpc) is 2.14. The zero-order valence-electron chi connectivity index (χ0n) is 7.39. The molecule has 0 aromatic heterocycles. The van der Waals surface area contributed by atoms with Gasteiger partial charge in [-0.3, -0.25) is 0 Å². The van der Waals surface area contributed by atoms with Crippen molar-refractivity contribution in [2.24, 2.45) is 0 Å². The van der Waals surface area contributed by atoms with E-state index < -0.39 is 0 Å². The van der Waals surface area contributed by atoms with Gasteiger partial charge in [-0.15, -0.1) is 0 Å². The molecule has 0 unspecified atom stereocenters. The number of nitrogens with zero attached hydrogens (tertiary/aromatic N) is 1. The fourth-order valence-corrected chi connectivity index (χ4v) is 2.23. The molecule has 1 fully saturated rings. The Morgan fingerprint density at radius 3 is 2.67 bits per heavy atom. The summed E-state index contributed by atoms with van der Waals surface area (Å²) in [7, 11) is 0. The summed E-state index contributed by atoms with van der Waals surface area (Å²) in [6.45, 7) is 4.64. The summed E-state index contributed by atoms with van der Waals surface area (Å²) in [5.41, 5.74) is 0. The van der Waals surface area contributed by atoms with E-state index in [1.54, 1.807) is 0 Å². The smallest absolute Gasteiger partial charge is 0.102 e. The molecule has 0 saturated carbocycles. The number of thioether (sulfide) groups is 1. The molecule has 0 spiro atoms. The number of hydrogen-bond acceptors (Lipinski definition) is 3. The van der Waals surface area contributed by atoms with Crippen LogP contribution in [0.1, 0.15) is 0 Å². The Morgan fingerprint density at radius 1 is 1.25 bits per heavy atom. The number of alkyl halides is 1. The second-order valence-electron chi connectivity index (χ2n) is 2.89. The van der Waals surface area contributed by atoms with E-state index in [0.29, 0.717) is 6.54 Å². The second kappa shape index (κ2) is 6.69. The predicted molar refractivity (Wildman–Crippen MR) is 52.6 cm³/mol. The van der Waals surface area contributed by atoms with Crippen LogP contribution in [-0.2, 0) is 0 Å². The van der Waals surface area contributed by atoms with Crippen LogP contribution in [0.25, 0.3) is 0 Å². The Hall–Kier alpha value is 0.200. The molecule has 1 N–H and O–H groups in total. The van der Waals surface area contributed by atoms with E-state index >= 15 is 0 Å². The molecule has 0 radical (unpaired) electrons. The van der Waals surface area contributed by atoms with Gasteiger partial charge in [-0.2, -0.15) is 11.8 Å². The van der Waals surface area contributed by atoms with Crippen molar-refractivity contribution in [1.29, 1.82) is 0 Å². The van der Waals surface area contributed by atoms with Gasteiger partial charge in [0.1, 0.15) is 6.67 Å². The van der Waals surface area contributed by atoms with Gasteiger partial charge in [-0.25, -0.2) is 4.39 Å². The first-order valence-corrected chi connectivity index (χ1v) is 5.66. The highest BCUT2D eigenvalue weighted by atomic mass is 32.2. The Balaban J connectivity index is 1.91. The van der Waals surface area contributed by atoms with Crippen LogP contribution in [0.2, 0.25) is 0 Å². The largest absolute Gasteiger partial charge is 0.313 e. The summed E-state index contributed by atoms with van der Waals surface area (Å²) < 4.78 is 11.7. The third kappa shape index (κ3) is 4.28. The van der Waals surface area contributed by atoms with Crippen LogP contribution < -0.4 is 5.32 Å². The molecule has 1 saturated heterocycles. The highest BCUT2D eigenvalue weighted by Crippen LogP contribution is 2.07. The SMILES string of the molecule is FCCNCCN1CCSCC1. The summed E-state index contributed by atoms with van der Waals surface area (Å²) in [6, 6.07) is 0.